The highest BCUT2D eigenvalue weighted by Crippen LogP contribution is 2.31. The molecule has 0 aliphatic heterocycles. The Kier molecular flexibility index (Phi) is 6.05. The van der Waals surface area contributed by atoms with Crippen molar-refractivity contribution in [3.63, 3.8) is 0 Å². The summed E-state index contributed by atoms with van der Waals surface area (Å²) in [4.78, 5) is 1.27. The Balaban J connectivity index is 2.00. The monoisotopic (exact) mass is 279 g/mol. The number of rotatable bonds is 6. The Hall–Kier alpha value is -0.670. The largest absolute Gasteiger partial charge is 0.493 e. The highest BCUT2D eigenvalue weighted by molar-refractivity contribution is 7.99. The van der Waals surface area contributed by atoms with Gasteiger partial charge in [0.1, 0.15) is 5.75 Å². The quantitative estimate of drug-likeness (QED) is 0.792. The zero-order chi connectivity index (χ0) is 13.5. The lowest BCUT2D eigenvalue weighted by atomic mass is 9.90. The number of thioether (sulfide) groups is 1. The van der Waals surface area contributed by atoms with Crippen molar-refractivity contribution in [2.24, 2.45) is 11.7 Å². The number of ether oxygens (including phenoxy) is 1. The molecule has 1 aliphatic carbocycles. The van der Waals surface area contributed by atoms with Gasteiger partial charge >= 0.3 is 0 Å². The summed E-state index contributed by atoms with van der Waals surface area (Å²) in [7, 11) is 0. The molecule has 2 rings (SSSR count). The Bertz CT molecular complexity index is 388. The molecule has 0 unspecified atom stereocenters. The molecule has 1 fully saturated rings. The number of hydrogen-bond donors (Lipinski definition) is 1. The zero-order valence-corrected chi connectivity index (χ0v) is 12.7. The van der Waals surface area contributed by atoms with E-state index in [-0.39, 0.29) is 0 Å². The van der Waals surface area contributed by atoms with Crippen LogP contribution in [0.15, 0.2) is 23.1 Å². The minimum Gasteiger partial charge on any atom is -0.493 e. The van der Waals surface area contributed by atoms with E-state index in [2.05, 4.69) is 25.1 Å². The van der Waals surface area contributed by atoms with Crippen LogP contribution in [-0.4, -0.2) is 12.4 Å². The molecule has 1 aromatic rings. The van der Waals surface area contributed by atoms with Crippen molar-refractivity contribution in [3.8, 4) is 5.75 Å². The fourth-order valence-electron chi connectivity index (χ4n) is 2.73. The highest BCUT2D eigenvalue weighted by Gasteiger charge is 2.15. The Labute approximate surface area is 121 Å². The van der Waals surface area contributed by atoms with Crippen LogP contribution in [0.25, 0.3) is 0 Å². The van der Waals surface area contributed by atoms with E-state index >= 15 is 0 Å². The molecule has 0 spiro atoms. The first-order valence-corrected chi connectivity index (χ1v) is 8.41. The molecule has 0 amide bonds. The Morgan fingerprint density at radius 3 is 2.74 bits per heavy atom. The lowest BCUT2D eigenvalue weighted by Crippen LogP contribution is -2.16. The second-order valence-corrected chi connectivity index (χ2v) is 6.49. The molecule has 2 nitrogen and oxygen atoms in total. The van der Waals surface area contributed by atoms with E-state index in [1.165, 1.54) is 42.6 Å². The van der Waals surface area contributed by atoms with Crippen molar-refractivity contribution in [2.45, 2.75) is 50.5 Å². The number of hydrogen-bond acceptors (Lipinski definition) is 3. The van der Waals surface area contributed by atoms with E-state index in [4.69, 9.17) is 10.5 Å². The summed E-state index contributed by atoms with van der Waals surface area (Å²) in [6, 6.07) is 6.28. The number of nitrogens with two attached hydrogens (primary N) is 1. The van der Waals surface area contributed by atoms with Gasteiger partial charge in [0.15, 0.2) is 0 Å². The zero-order valence-electron chi connectivity index (χ0n) is 11.9. The SMILES string of the molecule is CCSc1cccc(OCC2CCCCC2)c1CN. The van der Waals surface area contributed by atoms with E-state index in [0.29, 0.717) is 6.54 Å². The molecule has 0 saturated heterocycles. The van der Waals surface area contributed by atoms with E-state index < -0.39 is 0 Å². The summed E-state index contributed by atoms with van der Waals surface area (Å²) >= 11 is 1.84. The van der Waals surface area contributed by atoms with E-state index in [1.807, 2.05) is 11.8 Å². The summed E-state index contributed by atoms with van der Waals surface area (Å²) in [5.41, 5.74) is 7.07. The fourth-order valence-corrected chi connectivity index (χ4v) is 3.58. The van der Waals surface area contributed by atoms with Crippen molar-refractivity contribution in [3.05, 3.63) is 23.8 Å². The second kappa shape index (κ2) is 7.81. The molecule has 0 heterocycles. The molecular formula is C16H25NOS. The summed E-state index contributed by atoms with van der Waals surface area (Å²) in [5, 5.41) is 0. The molecule has 3 heteroatoms. The van der Waals surface area contributed by atoms with Crippen LogP contribution in [0.5, 0.6) is 5.75 Å². The molecule has 106 valence electrons. The van der Waals surface area contributed by atoms with Crippen molar-refractivity contribution >= 4 is 11.8 Å². The van der Waals surface area contributed by atoms with E-state index in [1.54, 1.807) is 0 Å². The molecule has 19 heavy (non-hydrogen) atoms. The average molecular weight is 279 g/mol. The molecule has 1 saturated carbocycles. The normalized spacial score (nSPS) is 16.5. The Morgan fingerprint density at radius 2 is 2.05 bits per heavy atom. The van der Waals surface area contributed by atoms with Crippen LogP contribution < -0.4 is 10.5 Å². The van der Waals surface area contributed by atoms with Gasteiger partial charge in [-0.3, -0.25) is 0 Å². The predicted octanol–water partition coefficient (Wildman–Crippen LogP) is 4.22. The fraction of sp³-hybridized carbons (Fsp3) is 0.625. The first-order valence-electron chi connectivity index (χ1n) is 7.42. The molecule has 0 atom stereocenters. The van der Waals surface area contributed by atoms with Crippen LogP contribution in [0.3, 0.4) is 0 Å². The summed E-state index contributed by atoms with van der Waals surface area (Å²) in [5.74, 6) is 2.80. The van der Waals surface area contributed by atoms with Gasteiger partial charge in [-0.2, -0.15) is 0 Å². The second-order valence-electron chi connectivity index (χ2n) is 5.19. The highest BCUT2D eigenvalue weighted by atomic mass is 32.2. The molecule has 0 radical (unpaired) electrons. The number of benzene rings is 1. The first-order chi connectivity index (χ1) is 9.35. The Morgan fingerprint density at radius 1 is 1.26 bits per heavy atom. The van der Waals surface area contributed by atoms with Gasteiger partial charge in [-0.05, 0) is 36.6 Å². The third kappa shape index (κ3) is 4.15. The third-order valence-corrected chi connectivity index (χ3v) is 4.78. The standard InChI is InChI=1S/C16H25NOS/c1-2-19-16-10-6-9-15(14(16)11-17)18-12-13-7-4-3-5-8-13/h6,9-10,13H,2-5,7-8,11-12,17H2,1H3. The molecule has 1 aliphatic rings. The van der Waals surface area contributed by atoms with Crippen LogP contribution in [0.2, 0.25) is 0 Å². The van der Waals surface area contributed by atoms with Crippen molar-refractivity contribution in [2.75, 3.05) is 12.4 Å². The molecular weight excluding hydrogens is 254 g/mol. The topological polar surface area (TPSA) is 35.2 Å². The van der Waals surface area contributed by atoms with Crippen LogP contribution >= 0.6 is 11.8 Å². The van der Waals surface area contributed by atoms with Crippen LogP contribution in [-0.2, 0) is 6.54 Å². The smallest absolute Gasteiger partial charge is 0.124 e. The van der Waals surface area contributed by atoms with Gasteiger partial charge in [0.2, 0.25) is 0 Å². The van der Waals surface area contributed by atoms with Crippen molar-refractivity contribution < 1.29 is 4.74 Å². The molecule has 0 bridgehead atoms. The summed E-state index contributed by atoms with van der Waals surface area (Å²) in [6.45, 7) is 3.58. The maximum atomic E-state index is 6.06. The van der Waals surface area contributed by atoms with Gasteiger partial charge in [0, 0.05) is 17.0 Å². The van der Waals surface area contributed by atoms with Gasteiger partial charge in [-0.1, -0.05) is 32.3 Å². The maximum absolute atomic E-state index is 6.06. The summed E-state index contributed by atoms with van der Waals surface area (Å²) in [6.07, 6.45) is 6.77. The maximum Gasteiger partial charge on any atom is 0.124 e. The van der Waals surface area contributed by atoms with Gasteiger partial charge < -0.3 is 10.5 Å². The minimum absolute atomic E-state index is 0.559. The summed E-state index contributed by atoms with van der Waals surface area (Å²) < 4.78 is 6.06. The lowest BCUT2D eigenvalue weighted by molar-refractivity contribution is 0.207. The first kappa shape index (κ1) is 14.7. The minimum atomic E-state index is 0.559. The van der Waals surface area contributed by atoms with Crippen LogP contribution in [0, 0.1) is 5.92 Å². The average Bonchev–Trinajstić information content (AvgIpc) is 2.46. The molecule has 0 aromatic heterocycles. The lowest BCUT2D eigenvalue weighted by Gasteiger charge is -2.22. The predicted molar refractivity (Wildman–Crippen MR) is 82.8 cm³/mol. The van der Waals surface area contributed by atoms with Crippen LogP contribution in [0.4, 0.5) is 0 Å². The third-order valence-electron chi connectivity index (χ3n) is 3.79. The van der Waals surface area contributed by atoms with Gasteiger partial charge in [0.25, 0.3) is 0 Å². The van der Waals surface area contributed by atoms with E-state index in [9.17, 15) is 0 Å². The molecule has 2 N–H and O–H groups in total. The van der Waals surface area contributed by atoms with E-state index in [0.717, 1.165) is 24.0 Å². The van der Waals surface area contributed by atoms with Crippen molar-refractivity contribution in [1.29, 1.82) is 0 Å². The van der Waals surface area contributed by atoms with Gasteiger partial charge in [-0.15, -0.1) is 11.8 Å². The van der Waals surface area contributed by atoms with Gasteiger partial charge in [0.05, 0.1) is 6.61 Å². The molecule has 1 aromatic carbocycles. The van der Waals surface area contributed by atoms with Crippen molar-refractivity contribution in [1.82, 2.24) is 0 Å². The van der Waals surface area contributed by atoms with Crippen LogP contribution in [0.1, 0.15) is 44.6 Å². The van der Waals surface area contributed by atoms with Gasteiger partial charge in [-0.25, -0.2) is 0 Å².